The van der Waals surface area contributed by atoms with Crippen molar-refractivity contribution in [3.63, 3.8) is 0 Å². The van der Waals surface area contributed by atoms with Gasteiger partial charge in [-0.2, -0.15) is 0 Å². The zero-order chi connectivity index (χ0) is 20.0. The first-order valence-electron chi connectivity index (χ1n) is 8.06. The minimum atomic E-state index is -1.07. The summed E-state index contributed by atoms with van der Waals surface area (Å²) in [6.45, 7) is 0.0410. The van der Waals surface area contributed by atoms with Gasteiger partial charge in [0.2, 0.25) is 5.91 Å². The Balaban J connectivity index is 1.75. The summed E-state index contributed by atoms with van der Waals surface area (Å²) in [5, 5.41) is 8.79. The summed E-state index contributed by atoms with van der Waals surface area (Å²) in [5.74, 6) is -2.85. The topological polar surface area (TPSA) is 70.5 Å². The number of halogens is 3. The van der Waals surface area contributed by atoms with Crippen LogP contribution in [0.4, 0.5) is 14.5 Å². The summed E-state index contributed by atoms with van der Waals surface area (Å²) in [4.78, 5) is 30.6. The normalized spacial score (nSPS) is 16.5. The summed E-state index contributed by atoms with van der Waals surface area (Å²) < 4.78 is 28.4. The molecule has 1 aliphatic rings. The summed E-state index contributed by atoms with van der Waals surface area (Å²) >= 11 is 5.68. The number of thioether (sulfide) groups is 1. The van der Waals surface area contributed by atoms with Crippen molar-refractivity contribution in [1.29, 1.82) is 0 Å². The minimum absolute atomic E-state index is 0.0410. The number of hydrogen-bond acceptors (Lipinski definition) is 5. The number of thiazole rings is 1. The van der Waals surface area contributed by atoms with Gasteiger partial charge in [-0.15, -0.1) is 23.1 Å². The van der Waals surface area contributed by atoms with Crippen molar-refractivity contribution in [2.24, 2.45) is 0 Å². The van der Waals surface area contributed by atoms with Crippen molar-refractivity contribution in [2.45, 2.75) is 23.1 Å². The van der Waals surface area contributed by atoms with Crippen LogP contribution < -0.4 is 4.90 Å². The number of amides is 1. The largest absolute Gasteiger partial charge is 0.481 e. The number of carboxylic acid groups (broad SMARTS) is 1. The van der Waals surface area contributed by atoms with Crippen molar-refractivity contribution in [3.05, 3.63) is 51.4 Å². The van der Waals surface area contributed by atoms with Crippen LogP contribution in [-0.4, -0.2) is 27.2 Å². The Kier molecular flexibility index (Phi) is 5.11. The summed E-state index contributed by atoms with van der Waals surface area (Å²) in [6, 6.07) is 7.28. The molecule has 1 aliphatic heterocycles. The predicted molar refractivity (Wildman–Crippen MR) is 107 cm³/mol. The van der Waals surface area contributed by atoms with Crippen LogP contribution in [0.3, 0.4) is 0 Å². The second kappa shape index (κ2) is 7.41. The fraction of sp³-hybridized carbons (Fsp3) is 0.167. The van der Waals surface area contributed by atoms with E-state index in [4.69, 9.17) is 5.11 Å². The number of nitrogens with zero attached hydrogens (tertiary/aromatic N) is 2. The Morgan fingerprint density at radius 1 is 1.32 bits per heavy atom. The van der Waals surface area contributed by atoms with Crippen LogP contribution >= 0.6 is 39.0 Å². The molecule has 2 aromatic carbocycles. The number of aromatic nitrogens is 1. The van der Waals surface area contributed by atoms with Crippen LogP contribution in [0.2, 0.25) is 0 Å². The summed E-state index contributed by atoms with van der Waals surface area (Å²) in [5.41, 5.74) is 0.810. The molecule has 10 heteroatoms. The van der Waals surface area contributed by atoms with Gasteiger partial charge >= 0.3 is 5.97 Å². The van der Waals surface area contributed by atoms with E-state index in [1.165, 1.54) is 16.7 Å². The standard InChI is InChI=1S/C18H11BrF2N2O3S2/c19-9-2-1-3-12-16(9)27-13(6-15(24)25)18(26)23(12)7-14-22-11-5-8(20)4-10(21)17(11)28-14/h1-5,13H,6-7H2,(H,24,25). The van der Waals surface area contributed by atoms with Gasteiger partial charge in [-0.1, -0.05) is 6.07 Å². The summed E-state index contributed by atoms with van der Waals surface area (Å²) in [7, 11) is 0. The van der Waals surface area contributed by atoms with Gasteiger partial charge in [0.25, 0.3) is 0 Å². The highest BCUT2D eigenvalue weighted by Gasteiger charge is 2.36. The maximum atomic E-state index is 14.0. The van der Waals surface area contributed by atoms with Gasteiger partial charge in [0.1, 0.15) is 16.6 Å². The van der Waals surface area contributed by atoms with E-state index >= 15 is 0 Å². The SMILES string of the molecule is O=C(O)CC1Sc2c(Br)cccc2N(Cc2nc3cc(F)cc(F)c3s2)C1=O. The van der Waals surface area contributed by atoms with E-state index in [0.717, 1.165) is 32.8 Å². The maximum absolute atomic E-state index is 14.0. The van der Waals surface area contributed by atoms with Gasteiger partial charge in [-0.25, -0.2) is 13.8 Å². The number of carboxylic acids is 1. The molecular weight excluding hydrogens is 474 g/mol. The zero-order valence-electron chi connectivity index (χ0n) is 14.0. The number of anilines is 1. The number of benzene rings is 2. The molecule has 1 unspecified atom stereocenters. The van der Waals surface area contributed by atoms with Crippen LogP contribution in [0, 0.1) is 11.6 Å². The Hall–Kier alpha value is -2.04. The highest BCUT2D eigenvalue weighted by atomic mass is 79.9. The highest BCUT2D eigenvalue weighted by Crippen LogP contribution is 2.45. The average molecular weight is 485 g/mol. The highest BCUT2D eigenvalue weighted by molar-refractivity contribution is 9.10. The lowest BCUT2D eigenvalue weighted by Crippen LogP contribution is -2.41. The average Bonchev–Trinajstić information content (AvgIpc) is 3.02. The van der Waals surface area contributed by atoms with E-state index in [1.54, 1.807) is 12.1 Å². The predicted octanol–water partition coefficient (Wildman–Crippen LogP) is 4.82. The number of hydrogen-bond donors (Lipinski definition) is 1. The van der Waals surface area contributed by atoms with Gasteiger partial charge in [-0.3, -0.25) is 9.59 Å². The second-order valence-electron chi connectivity index (χ2n) is 6.06. The first kappa shape index (κ1) is 19.3. The molecule has 4 rings (SSSR count). The lowest BCUT2D eigenvalue weighted by atomic mass is 10.2. The molecule has 3 aromatic rings. The Morgan fingerprint density at radius 2 is 2.11 bits per heavy atom. The molecule has 2 heterocycles. The van der Waals surface area contributed by atoms with Crippen LogP contribution in [0.5, 0.6) is 0 Å². The van der Waals surface area contributed by atoms with Crippen LogP contribution in [0.25, 0.3) is 10.2 Å². The van der Waals surface area contributed by atoms with E-state index in [-0.39, 0.29) is 29.1 Å². The van der Waals surface area contributed by atoms with Gasteiger partial charge < -0.3 is 10.0 Å². The van der Waals surface area contributed by atoms with E-state index < -0.39 is 22.9 Å². The smallest absolute Gasteiger partial charge is 0.305 e. The van der Waals surface area contributed by atoms with E-state index in [2.05, 4.69) is 20.9 Å². The van der Waals surface area contributed by atoms with E-state index in [0.29, 0.717) is 10.7 Å². The quantitative estimate of drug-likeness (QED) is 0.574. The Morgan fingerprint density at radius 3 is 2.86 bits per heavy atom. The van der Waals surface area contributed by atoms with Crippen molar-refractivity contribution >= 4 is 66.8 Å². The van der Waals surface area contributed by atoms with E-state index in [1.807, 2.05) is 6.07 Å². The molecule has 28 heavy (non-hydrogen) atoms. The van der Waals surface area contributed by atoms with Crippen LogP contribution in [0.1, 0.15) is 11.4 Å². The van der Waals surface area contributed by atoms with Gasteiger partial charge in [-0.05, 0) is 28.1 Å². The fourth-order valence-corrected chi connectivity index (χ4v) is 5.76. The third-order valence-corrected chi connectivity index (χ3v) is 7.45. The molecule has 0 aliphatic carbocycles. The van der Waals surface area contributed by atoms with E-state index in [9.17, 15) is 18.4 Å². The number of rotatable bonds is 4. The molecule has 1 amide bonds. The number of carbonyl (C=O) groups is 2. The maximum Gasteiger partial charge on any atom is 0.305 e. The number of carbonyl (C=O) groups excluding carboxylic acids is 1. The lowest BCUT2D eigenvalue weighted by Gasteiger charge is -2.33. The first-order chi connectivity index (χ1) is 13.3. The Bertz CT molecular complexity index is 1120. The summed E-state index contributed by atoms with van der Waals surface area (Å²) in [6.07, 6.45) is -0.319. The van der Waals surface area contributed by atoms with Crippen LogP contribution in [-0.2, 0) is 16.1 Å². The molecule has 0 spiro atoms. The zero-order valence-corrected chi connectivity index (χ0v) is 17.2. The molecular formula is C18H11BrF2N2O3S2. The number of fused-ring (bicyclic) bond motifs is 2. The second-order valence-corrected chi connectivity index (χ2v) is 9.21. The van der Waals surface area contributed by atoms with Crippen LogP contribution in [0.15, 0.2) is 39.7 Å². The van der Waals surface area contributed by atoms with Crippen molar-refractivity contribution < 1.29 is 23.5 Å². The molecule has 0 saturated carbocycles. The molecule has 1 aromatic heterocycles. The molecule has 1 N–H and O–H groups in total. The van der Waals surface area contributed by atoms with Gasteiger partial charge in [0.05, 0.1) is 34.1 Å². The lowest BCUT2D eigenvalue weighted by molar-refractivity contribution is -0.138. The molecule has 0 fully saturated rings. The molecule has 0 saturated heterocycles. The molecule has 1 atom stereocenters. The van der Waals surface area contributed by atoms with Crippen molar-refractivity contribution in [2.75, 3.05) is 4.90 Å². The molecule has 144 valence electrons. The molecule has 0 radical (unpaired) electrons. The van der Waals surface area contributed by atoms with Gasteiger partial charge in [0, 0.05) is 21.5 Å². The fourth-order valence-electron chi connectivity index (χ4n) is 2.97. The van der Waals surface area contributed by atoms with Gasteiger partial charge in [0.15, 0.2) is 0 Å². The first-order valence-corrected chi connectivity index (χ1v) is 10.5. The third kappa shape index (κ3) is 3.51. The minimum Gasteiger partial charge on any atom is -0.481 e. The monoisotopic (exact) mass is 484 g/mol. The molecule has 0 bridgehead atoms. The van der Waals surface area contributed by atoms with Crippen molar-refractivity contribution in [1.82, 2.24) is 4.98 Å². The molecule has 5 nitrogen and oxygen atoms in total. The Labute approximate surface area is 174 Å². The van der Waals surface area contributed by atoms with Crippen molar-refractivity contribution in [3.8, 4) is 0 Å². The third-order valence-electron chi connectivity index (χ3n) is 4.15. The number of aliphatic carboxylic acids is 1.